The first kappa shape index (κ1) is 7.74. The van der Waals surface area contributed by atoms with Crippen LogP contribution in [0.3, 0.4) is 0 Å². The van der Waals surface area contributed by atoms with Gasteiger partial charge in [-0.15, -0.1) is 0 Å². The lowest BCUT2D eigenvalue weighted by atomic mass is 9.88. The van der Waals surface area contributed by atoms with E-state index in [2.05, 4.69) is 17.5 Å². The van der Waals surface area contributed by atoms with E-state index in [0.29, 0.717) is 12.2 Å². The number of carbonyl (C=O) groups is 1. The average molecular weight is 163 g/mol. The number of hydrogen-bond donors (Lipinski definition) is 1. The lowest BCUT2D eigenvalue weighted by molar-refractivity contribution is -0.123. The van der Waals surface area contributed by atoms with Gasteiger partial charge in [0.2, 0.25) is 0 Å². The second-order valence-electron chi connectivity index (χ2n) is 3.32. The maximum absolute atomic E-state index is 11.5. The number of rotatable bonds is 0. The smallest absolute Gasteiger partial charge is 0.143 e. The highest BCUT2D eigenvalue weighted by Gasteiger charge is 2.34. The predicted molar refractivity (Wildman–Crippen MR) is 47.8 cm³/mol. The maximum atomic E-state index is 11.5. The molecular formula is C10H13NO. The molecular weight excluding hydrogens is 150 g/mol. The Bertz CT molecular complexity index is 265. The van der Waals surface area contributed by atoms with Crippen molar-refractivity contribution in [3.8, 4) is 0 Å². The summed E-state index contributed by atoms with van der Waals surface area (Å²) in [5.41, 5.74) is 1.18. The third-order valence-corrected chi connectivity index (χ3v) is 2.65. The second-order valence-corrected chi connectivity index (χ2v) is 3.32. The third-order valence-electron chi connectivity index (χ3n) is 2.65. The van der Waals surface area contributed by atoms with Gasteiger partial charge in [0.05, 0.1) is 5.92 Å². The normalized spacial score (nSPS) is 37.4. The number of Topliss-reactive ketones (excluding diaryl/α,β-unsaturated/α-hetero) is 1. The van der Waals surface area contributed by atoms with Gasteiger partial charge >= 0.3 is 0 Å². The molecule has 0 amide bonds. The van der Waals surface area contributed by atoms with Gasteiger partial charge in [-0.1, -0.05) is 18.2 Å². The molecule has 1 aliphatic heterocycles. The molecule has 2 unspecified atom stereocenters. The van der Waals surface area contributed by atoms with Crippen molar-refractivity contribution in [2.75, 3.05) is 6.54 Å². The van der Waals surface area contributed by atoms with Gasteiger partial charge in [0.1, 0.15) is 5.78 Å². The Morgan fingerprint density at radius 3 is 3.25 bits per heavy atom. The zero-order chi connectivity index (χ0) is 8.55. The number of hydrogen-bond acceptors (Lipinski definition) is 2. The molecule has 0 spiro atoms. The van der Waals surface area contributed by atoms with E-state index in [9.17, 15) is 4.79 Å². The fourth-order valence-electron chi connectivity index (χ4n) is 2.00. The SMILES string of the molecule is C/C=C1\C=CC2NCCC(=O)C12. The van der Waals surface area contributed by atoms with Crippen LogP contribution in [0.25, 0.3) is 0 Å². The molecule has 0 saturated carbocycles. The van der Waals surface area contributed by atoms with Gasteiger partial charge in [-0.25, -0.2) is 0 Å². The molecule has 0 aromatic heterocycles. The van der Waals surface area contributed by atoms with Gasteiger partial charge in [-0.05, 0) is 12.5 Å². The molecule has 2 aliphatic rings. The van der Waals surface area contributed by atoms with Crippen LogP contribution in [0.2, 0.25) is 0 Å². The largest absolute Gasteiger partial charge is 0.309 e. The van der Waals surface area contributed by atoms with Crippen molar-refractivity contribution in [1.82, 2.24) is 5.32 Å². The molecule has 1 N–H and O–H groups in total. The standard InChI is InChI=1S/C10H13NO/c1-2-7-3-4-8-10(7)9(12)5-6-11-8/h2-4,8,10-11H,5-6H2,1H3/b7-2+. The summed E-state index contributed by atoms with van der Waals surface area (Å²) in [4.78, 5) is 11.5. The van der Waals surface area contributed by atoms with Crippen molar-refractivity contribution in [2.45, 2.75) is 19.4 Å². The molecule has 0 bridgehead atoms. The van der Waals surface area contributed by atoms with Crippen molar-refractivity contribution in [3.63, 3.8) is 0 Å². The van der Waals surface area contributed by atoms with E-state index >= 15 is 0 Å². The van der Waals surface area contributed by atoms with Crippen LogP contribution < -0.4 is 5.32 Å². The van der Waals surface area contributed by atoms with Crippen LogP contribution in [-0.2, 0) is 4.79 Å². The lowest BCUT2D eigenvalue weighted by Gasteiger charge is -2.25. The van der Waals surface area contributed by atoms with Crippen molar-refractivity contribution in [3.05, 3.63) is 23.8 Å². The topological polar surface area (TPSA) is 29.1 Å². The summed E-state index contributed by atoms with van der Waals surface area (Å²) in [7, 11) is 0. The van der Waals surface area contributed by atoms with Crippen molar-refractivity contribution < 1.29 is 4.79 Å². The Kier molecular flexibility index (Phi) is 1.85. The summed E-state index contributed by atoms with van der Waals surface area (Å²) in [6.45, 7) is 2.82. The number of ketones is 1. The molecule has 1 fully saturated rings. The molecule has 2 heteroatoms. The van der Waals surface area contributed by atoms with E-state index in [1.165, 1.54) is 5.57 Å². The highest BCUT2D eigenvalue weighted by molar-refractivity contribution is 5.87. The molecule has 2 rings (SSSR count). The minimum atomic E-state index is 0.115. The van der Waals surface area contributed by atoms with Crippen molar-refractivity contribution >= 4 is 5.78 Å². The Hall–Kier alpha value is -0.890. The van der Waals surface area contributed by atoms with Crippen molar-refractivity contribution in [2.24, 2.45) is 5.92 Å². The minimum absolute atomic E-state index is 0.115. The summed E-state index contributed by atoms with van der Waals surface area (Å²) in [5.74, 6) is 0.501. The number of carbonyl (C=O) groups excluding carboxylic acids is 1. The lowest BCUT2D eigenvalue weighted by Crippen LogP contribution is -2.43. The van der Waals surface area contributed by atoms with Gasteiger partial charge in [-0.2, -0.15) is 0 Å². The molecule has 64 valence electrons. The zero-order valence-corrected chi connectivity index (χ0v) is 7.21. The van der Waals surface area contributed by atoms with Crippen molar-refractivity contribution in [1.29, 1.82) is 0 Å². The molecule has 2 atom stereocenters. The summed E-state index contributed by atoms with van der Waals surface area (Å²) >= 11 is 0. The highest BCUT2D eigenvalue weighted by atomic mass is 16.1. The van der Waals surface area contributed by atoms with Crippen LogP contribution in [0.1, 0.15) is 13.3 Å². The summed E-state index contributed by atoms with van der Waals surface area (Å²) in [6.07, 6.45) is 6.87. The Labute approximate surface area is 72.3 Å². The van der Waals surface area contributed by atoms with Gasteiger partial charge in [0.15, 0.2) is 0 Å². The van der Waals surface area contributed by atoms with Gasteiger partial charge in [0.25, 0.3) is 0 Å². The summed E-state index contributed by atoms with van der Waals surface area (Å²) in [6, 6.07) is 0.275. The molecule has 1 saturated heterocycles. The van der Waals surface area contributed by atoms with Gasteiger partial charge in [0, 0.05) is 19.0 Å². The first-order valence-electron chi connectivity index (χ1n) is 4.43. The molecule has 1 aliphatic carbocycles. The van der Waals surface area contributed by atoms with Crippen LogP contribution in [0, 0.1) is 5.92 Å². The zero-order valence-electron chi connectivity index (χ0n) is 7.21. The highest BCUT2D eigenvalue weighted by Crippen LogP contribution is 2.28. The Morgan fingerprint density at radius 1 is 1.67 bits per heavy atom. The molecule has 0 aromatic carbocycles. The third kappa shape index (κ3) is 1.03. The number of nitrogens with one attached hydrogen (secondary N) is 1. The van der Waals surface area contributed by atoms with Crippen LogP contribution in [0.5, 0.6) is 0 Å². The van der Waals surface area contributed by atoms with E-state index in [0.717, 1.165) is 6.54 Å². The fourth-order valence-corrected chi connectivity index (χ4v) is 2.00. The molecule has 0 aromatic rings. The predicted octanol–water partition coefficient (Wildman–Crippen LogP) is 1.05. The van der Waals surface area contributed by atoms with E-state index in [1.807, 2.05) is 13.0 Å². The Morgan fingerprint density at radius 2 is 2.50 bits per heavy atom. The van der Waals surface area contributed by atoms with E-state index in [1.54, 1.807) is 0 Å². The minimum Gasteiger partial charge on any atom is -0.309 e. The van der Waals surface area contributed by atoms with Gasteiger partial charge < -0.3 is 5.32 Å². The van der Waals surface area contributed by atoms with Gasteiger partial charge in [-0.3, -0.25) is 4.79 Å². The number of allylic oxidation sites excluding steroid dienone is 2. The average Bonchev–Trinajstić information content (AvgIpc) is 2.49. The van der Waals surface area contributed by atoms with E-state index in [-0.39, 0.29) is 12.0 Å². The number of fused-ring (bicyclic) bond motifs is 1. The molecule has 2 nitrogen and oxygen atoms in total. The van der Waals surface area contributed by atoms with Crippen LogP contribution in [0.15, 0.2) is 23.8 Å². The summed E-state index contributed by atoms with van der Waals surface area (Å²) < 4.78 is 0. The van der Waals surface area contributed by atoms with Crippen LogP contribution >= 0.6 is 0 Å². The fraction of sp³-hybridized carbons (Fsp3) is 0.500. The quantitative estimate of drug-likeness (QED) is 0.578. The maximum Gasteiger partial charge on any atom is 0.143 e. The second kappa shape index (κ2) is 2.87. The van der Waals surface area contributed by atoms with E-state index < -0.39 is 0 Å². The van der Waals surface area contributed by atoms with Crippen LogP contribution in [0.4, 0.5) is 0 Å². The molecule has 12 heavy (non-hydrogen) atoms. The monoisotopic (exact) mass is 163 g/mol. The first-order valence-corrected chi connectivity index (χ1v) is 4.43. The Balaban J connectivity index is 2.27. The van der Waals surface area contributed by atoms with E-state index in [4.69, 9.17) is 0 Å². The molecule has 1 heterocycles. The summed E-state index contributed by atoms with van der Waals surface area (Å²) in [5, 5.41) is 3.33. The first-order chi connectivity index (χ1) is 5.83. The number of piperidine rings is 1. The van der Waals surface area contributed by atoms with Crippen LogP contribution in [-0.4, -0.2) is 18.4 Å². The molecule has 0 radical (unpaired) electrons.